The van der Waals surface area contributed by atoms with E-state index < -0.39 is 5.54 Å². The van der Waals surface area contributed by atoms with Crippen molar-refractivity contribution >= 4 is 18.3 Å². The Bertz CT molecular complexity index is 301. The number of hydrogen-bond donors (Lipinski definition) is 2. The molecule has 0 heterocycles. The lowest BCUT2D eigenvalue weighted by Crippen LogP contribution is -2.57. The molecule has 1 amide bonds. The molecule has 2 aliphatic rings. The van der Waals surface area contributed by atoms with Gasteiger partial charge in [-0.05, 0) is 43.9 Å². The summed E-state index contributed by atoms with van der Waals surface area (Å²) in [6.07, 6.45) is 9.76. The molecule has 0 radical (unpaired) electrons. The summed E-state index contributed by atoms with van der Waals surface area (Å²) in [7, 11) is 0. The first kappa shape index (κ1) is 16.8. The van der Waals surface area contributed by atoms with Crippen molar-refractivity contribution in [3.05, 3.63) is 0 Å². The fraction of sp³-hybridized carbons (Fsp3) is 0.933. The lowest BCUT2D eigenvalue weighted by molar-refractivity contribution is -0.128. The fourth-order valence-electron chi connectivity index (χ4n) is 3.28. The molecule has 3 nitrogen and oxygen atoms in total. The Balaban J connectivity index is 0.00000180. The van der Waals surface area contributed by atoms with E-state index in [2.05, 4.69) is 19.2 Å². The number of rotatable bonds is 2. The minimum atomic E-state index is -0.578. The van der Waals surface area contributed by atoms with E-state index in [1.165, 1.54) is 19.3 Å². The summed E-state index contributed by atoms with van der Waals surface area (Å²) in [6.45, 7) is 4.63. The van der Waals surface area contributed by atoms with E-state index in [-0.39, 0.29) is 18.3 Å². The lowest BCUT2D eigenvalue weighted by Gasteiger charge is -2.38. The van der Waals surface area contributed by atoms with Crippen LogP contribution in [0.2, 0.25) is 0 Å². The summed E-state index contributed by atoms with van der Waals surface area (Å²) in [4.78, 5) is 12.3. The number of nitrogens with two attached hydrogens (primary N) is 1. The van der Waals surface area contributed by atoms with Crippen LogP contribution in [0.5, 0.6) is 0 Å². The maximum absolute atomic E-state index is 12.3. The van der Waals surface area contributed by atoms with Crippen molar-refractivity contribution in [1.29, 1.82) is 0 Å². The number of hydrogen-bond acceptors (Lipinski definition) is 2. The van der Waals surface area contributed by atoms with Crippen LogP contribution >= 0.6 is 12.4 Å². The van der Waals surface area contributed by atoms with Gasteiger partial charge in [0.1, 0.15) is 0 Å². The molecule has 0 aliphatic heterocycles. The zero-order valence-corrected chi connectivity index (χ0v) is 13.2. The molecule has 112 valence electrons. The van der Waals surface area contributed by atoms with Gasteiger partial charge >= 0.3 is 0 Å². The second-order valence-electron chi connectivity index (χ2n) is 7.13. The van der Waals surface area contributed by atoms with Crippen LogP contribution < -0.4 is 11.1 Å². The van der Waals surface area contributed by atoms with Crippen molar-refractivity contribution in [3.63, 3.8) is 0 Å². The highest BCUT2D eigenvalue weighted by molar-refractivity contribution is 5.86. The second kappa shape index (κ2) is 6.45. The van der Waals surface area contributed by atoms with Gasteiger partial charge in [-0.3, -0.25) is 4.79 Å². The smallest absolute Gasteiger partial charge is 0.240 e. The van der Waals surface area contributed by atoms with E-state index in [1.807, 2.05) is 0 Å². The van der Waals surface area contributed by atoms with Crippen LogP contribution in [0.15, 0.2) is 0 Å². The lowest BCUT2D eigenvalue weighted by atomic mass is 9.75. The number of carbonyl (C=O) groups is 1. The molecule has 0 saturated heterocycles. The number of halogens is 1. The first-order chi connectivity index (χ1) is 8.41. The quantitative estimate of drug-likeness (QED) is 0.820. The van der Waals surface area contributed by atoms with Gasteiger partial charge in [-0.1, -0.05) is 33.1 Å². The van der Waals surface area contributed by atoms with Gasteiger partial charge in [-0.2, -0.15) is 0 Å². The Hall–Kier alpha value is -0.280. The molecule has 0 aromatic rings. The standard InChI is InChI=1S/C15H28N2O.ClH/c1-14(2)10-6-12(7-11-14)17-13(18)15(16)8-4-3-5-9-15;/h12H,3-11,16H2,1-2H3,(H,17,18);1H. The monoisotopic (exact) mass is 288 g/mol. The van der Waals surface area contributed by atoms with Crippen molar-refractivity contribution < 1.29 is 4.79 Å². The zero-order valence-electron chi connectivity index (χ0n) is 12.3. The largest absolute Gasteiger partial charge is 0.352 e. The number of nitrogens with one attached hydrogen (secondary N) is 1. The molecule has 0 aromatic heterocycles. The molecule has 4 heteroatoms. The van der Waals surface area contributed by atoms with Crippen LogP contribution in [-0.4, -0.2) is 17.5 Å². The summed E-state index contributed by atoms with van der Waals surface area (Å²) < 4.78 is 0. The third-order valence-corrected chi connectivity index (χ3v) is 4.87. The van der Waals surface area contributed by atoms with Crippen molar-refractivity contribution in [1.82, 2.24) is 5.32 Å². The highest BCUT2D eigenvalue weighted by atomic mass is 35.5. The third-order valence-electron chi connectivity index (χ3n) is 4.87. The minimum absolute atomic E-state index is 0. The molecule has 2 fully saturated rings. The topological polar surface area (TPSA) is 55.1 Å². The Morgan fingerprint density at radius 2 is 1.58 bits per heavy atom. The normalized spacial score (nSPS) is 26.3. The molecular weight excluding hydrogens is 260 g/mol. The summed E-state index contributed by atoms with van der Waals surface area (Å²) in [5, 5.41) is 3.20. The molecule has 0 aromatic carbocycles. The zero-order chi connectivity index (χ0) is 13.2. The molecule has 0 spiro atoms. The first-order valence-electron chi connectivity index (χ1n) is 7.51. The van der Waals surface area contributed by atoms with Gasteiger partial charge in [0.05, 0.1) is 5.54 Å². The van der Waals surface area contributed by atoms with Crippen molar-refractivity contribution in [2.24, 2.45) is 11.1 Å². The maximum Gasteiger partial charge on any atom is 0.240 e. The molecule has 0 unspecified atom stereocenters. The van der Waals surface area contributed by atoms with Crippen LogP contribution in [0.3, 0.4) is 0 Å². The van der Waals surface area contributed by atoms with Crippen LogP contribution in [0, 0.1) is 5.41 Å². The van der Waals surface area contributed by atoms with Gasteiger partial charge < -0.3 is 11.1 Å². The Labute approximate surface area is 123 Å². The van der Waals surface area contributed by atoms with E-state index in [0.29, 0.717) is 11.5 Å². The van der Waals surface area contributed by atoms with Crippen molar-refractivity contribution in [2.75, 3.05) is 0 Å². The molecule has 2 aliphatic carbocycles. The van der Waals surface area contributed by atoms with Crippen molar-refractivity contribution in [2.45, 2.75) is 83.2 Å². The molecular formula is C15H29ClN2O. The Morgan fingerprint density at radius 1 is 1.05 bits per heavy atom. The van der Waals surface area contributed by atoms with Gasteiger partial charge in [-0.25, -0.2) is 0 Å². The SMILES string of the molecule is CC1(C)CCC(NC(=O)C2(N)CCCCC2)CC1.Cl. The Kier molecular flexibility index (Phi) is 5.69. The van der Waals surface area contributed by atoms with Gasteiger partial charge in [0, 0.05) is 6.04 Å². The highest BCUT2D eigenvalue weighted by Gasteiger charge is 2.37. The molecule has 0 atom stereocenters. The molecule has 0 bridgehead atoms. The Morgan fingerprint density at radius 3 is 2.11 bits per heavy atom. The average Bonchev–Trinajstić information content (AvgIpc) is 2.33. The van der Waals surface area contributed by atoms with Gasteiger partial charge in [0.15, 0.2) is 0 Å². The predicted molar refractivity (Wildman–Crippen MR) is 81.4 cm³/mol. The summed E-state index contributed by atoms with van der Waals surface area (Å²) in [6, 6.07) is 0.355. The van der Waals surface area contributed by atoms with Crippen LogP contribution in [-0.2, 0) is 4.79 Å². The minimum Gasteiger partial charge on any atom is -0.352 e. The first-order valence-corrected chi connectivity index (χ1v) is 7.51. The number of amides is 1. The number of carbonyl (C=O) groups excluding carboxylic acids is 1. The molecule has 2 rings (SSSR count). The van der Waals surface area contributed by atoms with Crippen molar-refractivity contribution in [3.8, 4) is 0 Å². The van der Waals surface area contributed by atoms with E-state index >= 15 is 0 Å². The fourth-order valence-corrected chi connectivity index (χ4v) is 3.28. The second-order valence-corrected chi connectivity index (χ2v) is 7.13. The molecule has 2 saturated carbocycles. The summed E-state index contributed by atoms with van der Waals surface area (Å²) in [5.74, 6) is 0.104. The predicted octanol–water partition coefficient (Wildman–Crippen LogP) is 3.15. The molecule has 19 heavy (non-hydrogen) atoms. The van der Waals surface area contributed by atoms with Crippen LogP contribution in [0.1, 0.15) is 71.6 Å². The van der Waals surface area contributed by atoms with Gasteiger partial charge in [0.2, 0.25) is 5.91 Å². The highest BCUT2D eigenvalue weighted by Crippen LogP contribution is 2.35. The summed E-state index contributed by atoms with van der Waals surface area (Å²) in [5.41, 5.74) is 6.13. The van der Waals surface area contributed by atoms with Gasteiger partial charge in [0.25, 0.3) is 0 Å². The third kappa shape index (κ3) is 4.35. The van der Waals surface area contributed by atoms with E-state index in [0.717, 1.165) is 38.5 Å². The van der Waals surface area contributed by atoms with E-state index in [1.54, 1.807) is 0 Å². The molecule has 3 N–H and O–H groups in total. The van der Waals surface area contributed by atoms with Gasteiger partial charge in [-0.15, -0.1) is 12.4 Å². The van der Waals surface area contributed by atoms with Crippen LogP contribution in [0.4, 0.5) is 0 Å². The average molecular weight is 289 g/mol. The van der Waals surface area contributed by atoms with Crippen LogP contribution in [0.25, 0.3) is 0 Å². The van der Waals surface area contributed by atoms with E-state index in [4.69, 9.17) is 5.73 Å². The summed E-state index contributed by atoms with van der Waals surface area (Å²) >= 11 is 0. The maximum atomic E-state index is 12.3. The van der Waals surface area contributed by atoms with E-state index in [9.17, 15) is 4.79 Å².